The number of imide groups is 1. The number of rotatable bonds is 8. The number of carbonyl (C=O) groups excluding carboxylic acids is 4. The minimum atomic E-state index is -0.971. The molecule has 0 saturated heterocycles. The molecule has 1 heterocycles. The number of amides is 2. The van der Waals surface area contributed by atoms with Crippen molar-refractivity contribution in [1.82, 2.24) is 0 Å². The van der Waals surface area contributed by atoms with Crippen LogP contribution in [0.2, 0.25) is 0 Å². The standard InChI is InChI=1S/C33H27NO6/c1-4-29(30(35)22-8-6-5-7-9-22)40-33(38)23-11-17-27-28(19-23)32(37)34(31(27)36)24-12-15-25(16-13-24)39-26-14-10-20(2)21(3)18-26/h5-19,29H,4H2,1-3H3. The van der Waals surface area contributed by atoms with E-state index in [4.69, 9.17) is 9.47 Å². The molecule has 4 aromatic carbocycles. The van der Waals surface area contributed by atoms with Crippen molar-refractivity contribution in [2.75, 3.05) is 4.90 Å². The summed E-state index contributed by atoms with van der Waals surface area (Å²) in [6, 6.07) is 25.2. The molecule has 1 aliphatic rings. The number of nitrogens with zero attached hydrogens (tertiary/aromatic N) is 1. The molecule has 200 valence electrons. The van der Waals surface area contributed by atoms with Gasteiger partial charge in [-0.2, -0.15) is 0 Å². The number of hydrogen-bond donors (Lipinski definition) is 0. The highest BCUT2D eigenvalue weighted by Crippen LogP contribution is 2.32. The molecule has 7 heteroatoms. The Morgan fingerprint density at radius 2 is 1.40 bits per heavy atom. The molecule has 0 radical (unpaired) electrons. The van der Waals surface area contributed by atoms with Gasteiger partial charge in [-0.3, -0.25) is 14.4 Å². The number of Topliss-reactive ketones (excluding diaryl/α,β-unsaturated/α-hetero) is 1. The van der Waals surface area contributed by atoms with Crippen LogP contribution in [0.15, 0.2) is 91.0 Å². The van der Waals surface area contributed by atoms with Crippen LogP contribution < -0.4 is 9.64 Å². The second-order valence-corrected chi connectivity index (χ2v) is 9.58. The van der Waals surface area contributed by atoms with Crippen LogP contribution in [0.1, 0.15) is 65.9 Å². The predicted molar refractivity (Wildman–Crippen MR) is 150 cm³/mol. The van der Waals surface area contributed by atoms with Crippen molar-refractivity contribution in [1.29, 1.82) is 0 Å². The number of anilines is 1. The molecule has 0 aliphatic carbocycles. The molecular formula is C33H27NO6. The molecule has 1 unspecified atom stereocenters. The molecule has 0 fully saturated rings. The van der Waals surface area contributed by atoms with Crippen molar-refractivity contribution >= 4 is 29.3 Å². The summed E-state index contributed by atoms with van der Waals surface area (Å²) >= 11 is 0. The first-order valence-electron chi connectivity index (χ1n) is 12.9. The van der Waals surface area contributed by atoms with E-state index in [1.54, 1.807) is 61.5 Å². The number of hydrogen-bond acceptors (Lipinski definition) is 6. The van der Waals surface area contributed by atoms with Gasteiger partial charge in [0.25, 0.3) is 11.8 Å². The van der Waals surface area contributed by atoms with Gasteiger partial charge in [0.2, 0.25) is 5.78 Å². The van der Waals surface area contributed by atoms with Crippen LogP contribution >= 0.6 is 0 Å². The van der Waals surface area contributed by atoms with Crippen LogP contribution in [-0.2, 0) is 4.74 Å². The number of ketones is 1. The SMILES string of the molecule is CCC(OC(=O)c1ccc2c(c1)C(=O)N(c1ccc(Oc3ccc(C)c(C)c3)cc1)C2=O)C(=O)c1ccccc1. The summed E-state index contributed by atoms with van der Waals surface area (Å²) in [5.74, 6) is -0.847. The van der Waals surface area contributed by atoms with Crippen molar-refractivity contribution in [2.24, 2.45) is 0 Å². The maximum absolute atomic E-state index is 13.3. The van der Waals surface area contributed by atoms with Crippen molar-refractivity contribution in [3.05, 3.63) is 124 Å². The molecule has 0 saturated carbocycles. The van der Waals surface area contributed by atoms with E-state index in [1.807, 2.05) is 32.0 Å². The lowest BCUT2D eigenvalue weighted by Crippen LogP contribution is -2.29. The normalized spacial score (nSPS) is 13.1. The lowest BCUT2D eigenvalue weighted by molar-refractivity contribution is 0.0277. The second kappa shape index (κ2) is 11.0. The Bertz CT molecular complexity index is 1630. The Kier molecular flexibility index (Phi) is 7.29. The van der Waals surface area contributed by atoms with Crippen LogP contribution in [0.5, 0.6) is 11.5 Å². The van der Waals surface area contributed by atoms with Gasteiger partial charge < -0.3 is 9.47 Å². The van der Waals surface area contributed by atoms with Crippen molar-refractivity contribution in [3.8, 4) is 11.5 Å². The molecule has 5 rings (SSSR count). The zero-order chi connectivity index (χ0) is 28.4. The first kappa shape index (κ1) is 26.6. The van der Waals surface area contributed by atoms with Crippen LogP contribution in [-0.4, -0.2) is 29.7 Å². The van der Waals surface area contributed by atoms with E-state index in [0.717, 1.165) is 16.0 Å². The first-order chi connectivity index (χ1) is 19.3. The van der Waals surface area contributed by atoms with Gasteiger partial charge in [-0.05, 0) is 86.0 Å². The second-order valence-electron chi connectivity index (χ2n) is 9.58. The summed E-state index contributed by atoms with van der Waals surface area (Å²) in [5.41, 5.74) is 3.45. The van der Waals surface area contributed by atoms with Gasteiger partial charge in [-0.1, -0.05) is 43.3 Å². The van der Waals surface area contributed by atoms with Crippen molar-refractivity contribution in [2.45, 2.75) is 33.3 Å². The Hall–Kier alpha value is -5.04. The quantitative estimate of drug-likeness (QED) is 0.142. The summed E-state index contributed by atoms with van der Waals surface area (Å²) in [6.07, 6.45) is -0.680. The molecule has 40 heavy (non-hydrogen) atoms. The highest BCUT2D eigenvalue weighted by Gasteiger charge is 2.37. The van der Waals surface area contributed by atoms with E-state index in [9.17, 15) is 19.2 Å². The van der Waals surface area contributed by atoms with Gasteiger partial charge in [0, 0.05) is 5.56 Å². The number of esters is 1. The molecule has 0 bridgehead atoms. The Morgan fingerprint density at radius 1 is 0.725 bits per heavy atom. The number of carbonyl (C=O) groups is 4. The molecule has 7 nitrogen and oxygen atoms in total. The van der Waals surface area contributed by atoms with Crippen molar-refractivity contribution < 1.29 is 28.7 Å². The van der Waals surface area contributed by atoms with Gasteiger partial charge in [0.1, 0.15) is 11.5 Å². The summed E-state index contributed by atoms with van der Waals surface area (Å²) in [5, 5.41) is 0. The van der Waals surface area contributed by atoms with Gasteiger partial charge in [-0.25, -0.2) is 9.69 Å². The summed E-state index contributed by atoms with van der Waals surface area (Å²) in [4.78, 5) is 53.2. The number of aryl methyl sites for hydroxylation is 2. The number of fused-ring (bicyclic) bond motifs is 1. The van der Waals surface area contributed by atoms with Crippen LogP contribution in [0, 0.1) is 13.8 Å². The first-order valence-corrected chi connectivity index (χ1v) is 12.9. The largest absolute Gasteiger partial charge is 0.457 e. The molecule has 1 aliphatic heterocycles. The van der Waals surface area contributed by atoms with Gasteiger partial charge in [-0.15, -0.1) is 0 Å². The van der Waals surface area contributed by atoms with E-state index in [-0.39, 0.29) is 22.5 Å². The summed E-state index contributed by atoms with van der Waals surface area (Å²) < 4.78 is 11.4. The Morgan fingerprint density at radius 3 is 2.08 bits per heavy atom. The Balaban J connectivity index is 1.31. The van der Waals surface area contributed by atoms with Gasteiger partial charge in [0.15, 0.2) is 6.10 Å². The topological polar surface area (TPSA) is 90.0 Å². The summed E-state index contributed by atoms with van der Waals surface area (Å²) in [7, 11) is 0. The molecule has 4 aromatic rings. The van der Waals surface area contributed by atoms with E-state index in [2.05, 4.69) is 0 Å². The van der Waals surface area contributed by atoms with E-state index in [1.165, 1.54) is 18.2 Å². The fourth-order valence-electron chi connectivity index (χ4n) is 4.49. The van der Waals surface area contributed by atoms with Crippen molar-refractivity contribution in [3.63, 3.8) is 0 Å². The minimum absolute atomic E-state index is 0.0817. The maximum atomic E-state index is 13.3. The number of ether oxygens (including phenoxy) is 2. The monoisotopic (exact) mass is 533 g/mol. The van der Waals surface area contributed by atoms with E-state index < -0.39 is 23.9 Å². The van der Waals surface area contributed by atoms with Crippen LogP contribution in [0.4, 0.5) is 5.69 Å². The zero-order valence-electron chi connectivity index (χ0n) is 22.3. The third-order valence-corrected chi connectivity index (χ3v) is 6.90. The molecule has 0 spiro atoms. The van der Waals surface area contributed by atoms with E-state index in [0.29, 0.717) is 29.2 Å². The Labute approximate surface area is 232 Å². The molecule has 1 atom stereocenters. The molecule has 2 amide bonds. The van der Waals surface area contributed by atoms with E-state index >= 15 is 0 Å². The van der Waals surface area contributed by atoms with Crippen LogP contribution in [0.25, 0.3) is 0 Å². The highest BCUT2D eigenvalue weighted by atomic mass is 16.5. The average molecular weight is 534 g/mol. The molecular weight excluding hydrogens is 506 g/mol. The number of benzene rings is 4. The van der Waals surface area contributed by atoms with Gasteiger partial charge in [0.05, 0.1) is 22.4 Å². The lowest BCUT2D eigenvalue weighted by atomic mass is 10.0. The zero-order valence-corrected chi connectivity index (χ0v) is 22.3. The smallest absolute Gasteiger partial charge is 0.338 e. The third-order valence-electron chi connectivity index (χ3n) is 6.90. The lowest BCUT2D eigenvalue weighted by Gasteiger charge is -2.15. The average Bonchev–Trinajstić information content (AvgIpc) is 3.23. The van der Waals surface area contributed by atoms with Gasteiger partial charge >= 0.3 is 5.97 Å². The molecule has 0 aromatic heterocycles. The fraction of sp³-hybridized carbons (Fsp3) is 0.152. The fourth-order valence-corrected chi connectivity index (χ4v) is 4.49. The minimum Gasteiger partial charge on any atom is -0.457 e. The third kappa shape index (κ3) is 5.14. The molecule has 0 N–H and O–H groups in total. The highest BCUT2D eigenvalue weighted by molar-refractivity contribution is 6.34. The predicted octanol–water partition coefficient (Wildman–Crippen LogP) is 6.71. The maximum Gasteiger partial charge on any atom is 0.338 e. The van der Waals surface area contributed by atoms with Crippen LogP contribution in [0.3, 0.4) is 0 Å². The summed E-state index contributed by atoms with van der Waals surface area (Å²) in [6.45, 7) is 5.78.